The van der Waals surface area contributed by atoms with Gasteiger partial charge in [0.15, 0.2) is 0 Å². The quantitative estimate of drug-likeness (QED) is 0.334. The Bertz CT molecular complexity index is 1480. The van der Waals surface area contributed by atoms with Gasteiger partial charge in [0.05, 0.1) is 37.2 Å². The number of aliphatic hydroxyl groups excluding tert-OH is 1. The number of hydrogen-bond donors (Lipinski definition) is 3. The maximum atomic E-state index is 14.6. The zero-order valence-electron chi connectivity index (χ0n) is 24.4. The third kappa shape index (κ3) is 4.77. The fourth-order valence-electron chi connectivity index (χ4n) is 7.50. The molecule has 2 unspecified atom stereocenters. The average molecular weight is 584 g/mol. The summed E-state index contributed by atoms with van der Waals surface area (Å²) in [5.74, 6) is -2.05. The van der Waals surface area contributed by atoms with Gasteiger partial charge in [-0.25, -0.2) is 0 Å². The van der Waals surface area contributed by atoms with Crippen LogP contribution in [-0.2, 0) is 25.7 Å². The van der Waals surface area contributed by atoms with E-state index in [1.165, 1.54) is 4.90 Å². The van der Waals surface area contributed by atoms with E-state index < -0.39 is 47.6 Å². The van der Waals surface area contributed by atoms with E-state index in [2.05, 4.69) is 10.6 Å². The summed E-state index contributed by atoms with van der Waals surface area (Å²) in [6.45, 7) is 1.89. The lowest BCUT2D eigenvalue weighted by atomic mass is 9.65. The number of nitrogens with zero attached hydrogens (tertiary/aromatic N) is 1. The number of ether oxygens (including phenoxy) is 2. The van der Waals surface area contributed by atoms with E-state index in [9.17, 15) is 19.5 Å². The van der Waals surface area contributed by atoms with E-state index in [0.29, 0.717) is 42.8 Å². The van der Waals surface area contributed by atoms with Crippen molar-refractivity contribution in [3.63, 3.8) is 0 Å². The van der Waals surface area contributed by atoms with Gasteiger partial charge >= 0.3 is 0 Å². The van der Waals surface area contributed by atoms with Gasteiger partial charge in [0.25, 0.3) is 0 Å². The second kappa shape index (κ2) is 11.5. The molecule has 3 aromatic carbocycles. The van der Waals surface area contributed by atoms with Gasteiger partial charge < -0.3 is 30.1 Å². The number of rotatable bonds is 10. The highest BCUT2D eigenvalue weighted by atomic mass is 16.5. The Labute approximate surface area is 251 Å². The zero-order valence-corrected chi connectivity index (χ0v) is 24.4. The molecule has 224 valence electrons. The van der Waals surface area contributed by atoms with Gasteiger partial charge in [-0.3, -0.25) is 14.4 Å². The van der Waals surface area contributed by atoms with Crippen molar-refractivity contribution in [3.8, 4) is 5.75 Å². The van der Waals surface area contributed by atoms with Crippen LogP contribution in [0.25, 0.3) is 0 Å². The van der Waals surface area contributed by atoms with Crippen molar-refractivity contribution in [2.45, 2.75) is 56.0 Å². The van der Waals surface area contributed by atoms with E-state index in [4.69, 9.17) is 9.47 Å². The van der Waals surface area contributed by atoms with Crippen LogP contribution in [0.3, 0.4) is 0 Å². The van der Waals surface area contributed by atoms with Crippen LogP contribution in [0, 0.1) is 11.8 Å². The molecule has 0 aromatic heterocycles. The van der Waals surface area contributed by atoms with Gasteiger partial charge in [-0.2, -0.15) is 0 Å². The number of fused-ring (bicyclic) bond motifs is 1. The molecule has 3 aromatic rings. The summed E-state index contributed by atoms with van der Waals surface area (Å²) in [4.78, 5) is 44.3. The Morgan fingerprint density at radius 2 is 1.67 bits per heavy atom. The van der Waals surface area contributed by atoms with Gasteiger partial charge in [-0.1, -0.05) is 67.6 Å². The number of carbonyl (C=O) groups is 3. The summed E-state index contributed by atoms with van der Waals surface area (Å²) in [7, 11) is 1.57. The van der Waals surface area contributed by atoms with Crippen molar-refractivity contribution in [1.82, 2.24) is 10.2 Å². The molecule has 3 saturated heterocycles. The highest BCUT2D eigenvalue weighted by molar-refractivity contribution is 6.04. The first-order valence-corrected chi connectivity index (χ1v) is 14.8. The predicted molar refractivity (Wildman–Crippen MR) is 160 cm³/mol. The van der Waals surface area contributed by atoms with Crippen LogP contribution in [-0.4, -0.2) is 58.7 Å². The van der Waals surface area contributed by atoms with Crippen LogP contribution < -0.4 is 15.4 Å². The van der Waals surface area contributed by atoms with E-state index >= 15 is 0 Å². The minimum atomic E-state index is -1.22. The Balaban J connectivity index is 1.39. The van der Waals surface area contributed by atoms with Crippen molar-refractivity contribution in [1.29, 1.82) is 0 Å². The van der Waals surface area contributed by atoms with Gasteiger partial charge in [-0.05, 0) is 54.7 Å². The number of anilines is 1. The first kappa shape index (κ1) is 28.9. The summed E-state index contributed by atoms with van der Waals surface area (Å²) in [6, 6.07) is 23.9. The summed E-state index contributed by atoms with van der Waals surface area (Å²) < 4.78 is 12.1. The van der Waals surface area contributed by atoms with Crippen molar-refractivity contribution in [2.24, 2.45) is 11.8 Å². The van der Waals surface area contributed by atoms with E-state index in [-0.39, 0.29) is 11.8 Å². The number of benzene rings is 3. The lowest BCUT2D eigenvalue weighted by Gasteiger charge is -2.37. The van der Waals surface area contributed by atoms with E-state index in [1.54, 1.807) is 31.4 Å². The Hall–Kier alpha value is -4.21. The molecule has 3 aliphatic heterocycles. The molecule has 9 heteroatoms. The van der Waals surface area contributed by atoms with Crippen LogP contribution in [0.5, 0.6) is 5.75 Å². The zero-order chi connectivity index (χ0) is 30.2. The third-order valence-corrected chi connectivity index (χ3v) is 9.51. The minimum Gasteiger partial charge on any atom is -0.497 e. The predicted octanol–water partition coefficient (Wildman–Crippen LogP) is 3.84. The first-order chi connectivity index (χ1) is 20.9. The Morgan fingerprint density at radius 1 is 1.00 bits per heavy atom. The fourth-order valence-corrected chi connectivity index (χ4v) is 7.50. The lowest BCUT2D eigenvalue weighted by Crippen LogP contribution is -2.54. The molecule has 3 fully saturated rings. The smallest absolute Gasteiger partial charge is 0.250 e. The van der Waals surface area contributed by atoms with Crippen LogP contribution in [0.2, 0.25) is 0 Å². The van der Waals surface area contributed by atoms with Crippen molar-refractivity contribution in [3.05, 3.63) is 96.1 Å². The molecule has 3 heterocycles. The highest BCUT2D eigenvalue weighted by Crippen LogP contribution is 2.65. The van der Waals surface area contributed by atoms with Crippen molar-refractivity contribution < 1.29 is 29.0 Å². The molecule has 6 atom stereocenters. The van der Waals surface area contributed by atoms with E-state index in [0.717, 1.165) is 5.56 Å². The molecular formula is C34H37N3O6. The number of aliphatic hydroxyl groups is 1. The monoisotopic (exact) mass is 583 g/mol. The molecule has 0 saturated carbocycles. The molecule has 3 N–H and O–H groups in total. The summed E-state index contributed by atoms with van der Waals surface area (Å²) in [5.41, 5.74) is 0.0872. The van der Waals surface area contributed by atoms with Crippen LogP contribution >= 0.6 is 0 Å². The number of amides is 3. The molecular weight excluding hydrogens is 546 g/mol. The standard InChI is InChI=1S/C34H37N3O6/c1-3-33-18-19-34(43-33)28(27(33)30(39)35-20-22-10-6-4-7-11-22)32(41)37(26(21-38)23-12-8-5-9-13-23)29(34)31(40)36-24-14-16-25(42-2)17-15-24/h4-17,26-29,38H,3,18-21H2,1-2H3,(H,35,39)(H,36,40)/t26-,27+,28+,29?,33-,34?/m1/s1. The van der Waals surface area contributed by atoms with Crippen LogP contribution in [0.1, 0.15) is 43.4 Å². The molecule has 1 spiro atoms. The first-order valence-electron chi connectivity index (χ1n) is 14.8. The fraction of sp³-hybridized carbons (Fsp3) is 0.382. The van der Waals surface area contributed by atoms with Crippen molar-refractivity contribution in [2.75, 3.05) is 19.0 Å². The average Bonchev–Trinajstić information content (AvgIpc) is 3.65. The molecule has 9 nitrogen and oxygen atoms in total. The molecule has 6 rings (SSSR count). The number of methoxy groups -OCH3 is 1. The summed E-state index contributed by atoms with van der Waals surface area (Å²) in [5, 5.41) is 16.7. The molecule has 2 bridgehead atoms. The number of carbonyl (C=O) groups excluding carboxylic acids is 3. The lowest BCUT2D eigenvalue weighted by molar-refractivity contribution is -0.149. The maximum Gasteiger partial charge on any atom is 0.250 e. The number of nitrogens with one attached hydrogen (secondary N) is 2. The number of likely N-dealkylation sites (tertiary alicyclic amines) is 1. The van der Waals surface area contributed by atoms with Gasteiger partial charge in [0.1, 0.15) is 17.4 Å². The minimum absolute atomic E-state index is 0.262. The Morgan fingerprint density at radius 3 is 2.30 bits per heavy atom. The highest BCUT2D eigenvalue weighted by Gasteiger charge is 2.79. The van der Waals surface area contributed by atoms with Crippen LogP contribution in [0.15, 0.2) is 84.9 Å². The molecule has 3 aliphatic rings. The number of hydrogen-bond acceptors (Lipinski definition) is 6. The van der Waals surface area contributed by atoms with Gasteiger partial charge in [0, 0.05) is 12.2 Å². The SMILES string of the molecule is CC[C@]12CCC3(O1)C(C(=O)Nc1ccc(OC)cc1)N([C@H](CO)c1ccccc1)C(=O)[C@@H]3[C@H]2C(=O)NCc1ccccc1. The van der Waals surface area contributed by atoms with Crippen molar-refractivity contribution >= 4 is 23.4 Å². The molecule has 43 heavy (non-hydrogen) atoms. The summed E-state index contributed by atoms with van der Waals surface area (Å²) >= 11 is 0. The molecule has 0 radical (unpaired) electrons. The normalized spacial score (nSPS) is 27.9. The third-order valence-electron chi connectivity index (χ3n) is 9.51. The maximum absolute atomic E-state index is 14.6. The molecule has 0 aliphatic carbocycles. The second-order valence-electron chi connectivity index (χ2n) is 11.6. The van der Waals surface area contributed by atoms with Crippen LogP contribution in [0.4, 0.5) is 5.69 Å². The summed E-state index contributed by atoms with van der Waals surface area (Å²) in [6.07, 6.45) is 1.52. The second-order valence-corrected chi connectivity index (χ2v) is 11.6. The topological polar surface area (TPSA) is 117 Å². The van der Waals surface area contributed by atoms with Gasteiger partial charge in [-0.15, -0.1) is 0 Å². The Kier molecular flexibility index (Phi) is 7.70. The molecule has 3 amide bonds. The largest absolute Gasteiger partial charge is 0.497 e. The van der Waals surface area contributed by atoms with E-state index in [1.807, 2.05) is 67.6 Å². The van der Waals surface area contributed by atoms with Gasteiger partial charge in [0.2, 0.25) is 17.7 Å².